The molecule has 1 aromatic heterocycles. The van der Waals surface area contributed by atoms with Gasteiger partial charge >= 0.3 is 0 Å². The Morgan fingerprint density at radius 2 is 2.05 bits per heavy atom. The predicted octanol–water partition coefficient (Wildman–Crippen LogP) is 2.85. The summed E-state index contributed by atoms with van der Waals surface area (Å²) in [4.78, 5) is 0. The number of nitrogens with zero attached hydrogens (tertiary/aromatic N) is 2. The second-order valence-corrected chi connectivity index (χ2v) is 5.28. The van der Waals surface area contributed by atoms with E-state index in [1.165, 1.54) is 0 Å². The average Bonchev–Trinajstić information content (AvgIpc) is 2.87. The van der Waals surface area contributed by atoms with Crippen LogP contribution in [0.25, 0.3) is 0 Å². The zero-order chi connectivity index (χ0) is 15.9. The minimum absolute atomic E-state index is 0.365. The number of H-pyrrole nitrogens is 1. The third-order valence-electron chi connectivity index (χ3n) is 2.97. The highest BCUT2D eigenvalue weighted by Gasteiger charge is 2.05. The third kappa shape index (κ3) is 4.28. The zero-order valence-corrected chi connectivity index (χ0v) is 14.2. The molecule has 2 rings (SSSR count). The lowest BCUT2D eigenvalue weighted by Gasteiger charge is -2.10. The minimum Gasteiger partial charge on any atom is -0.486 e. The molecule has 0 radical (unpaired) electrons. The molecule has 0 saturated heterocycles. The van der Waals surface area contributed by atoms with Crippen molar-refractivity contribution in [2.24, 2.45) is 0 Å². The molecule has 6 nitrogen and oxygen atoms in total. The third-order valence-corrected chi connectivity index (χ3v) is 3.53. The van der Waals surface area contributed by atoms with Crippen molar-refractivity contribution in [3.05, 3.63) is 34.9 Å². The number of nitrogens with one attached hydrogen (secondary N) is 3. The highest BCUT2D eigenvalue weighted by Crippen LogP contribution is 2.16. The van der Waals surface area contributed by atoms with E-state index in [2.05, 4.69) is 20.8 Å². The van der Waals surface area contributed by atoms with Crippen LogP contribution in [0.3, 0.4) is 0 Å². The molecule has 0 aliphatic heterocycles. The molecule has 0 saturated carbocycles. The van der Waals surface area contributed by atoms with Crippen LogP contribution in [0.1, 0.15) is 19.7 Å². The molecule has 118 valence electrons. The van der Waals surface area contributed by atoms with Gasteiger partial charge in [-0.2, -0.15) is 5.10 Å². The fourth-order valence-corrected chi connectivity index (χ4v) is 2.45. The van der Waals surface area contributed by atoms with Gasteiger partial charge in [0.15, 0.2) is 15.7 Å². The highest BCUT2D eigenvalue weighted by atomic mass is 32.1. The Labute approximate surface area is 139 Å². The van der Waals surface area contributed by atoms with Crippen LogP contribution >= 0.6 is 24.4 Å². The van der Waals surface area contributed by atoms with Crippen LogP contribution in [0.15, 0.2) is 24.3 Å². The van der Waals surface area contributed by atoms with E-state index < -0.39 is 0 Å². The molecule has 0 aliphatic carbocycles. The number of aromatic nitrogens is 3. The first-order valence-corrected chi connectivity index (χ1v) is 7.87. The normalized spacial score (nSPS) is 10.3. The summed E-state index contributed by atoms with van der Waals surface area (Å²) in [6.07, 6.45) is 0. The molecule has 22 heavy (non-hydrogen) atoms. The molecule has 0 aliphatic rings. The summed E-state index contributed by atoms with van der Waals surface area (Å²) in [7, 11) is 0. The van der Waals surface area contributed by atoms with Crippen molar-refractivity contribution < 1.29 is 4.74 Å². The summed E-state index contributed by atoms with van der Waals surface area (Å²) in [5, 5.41) is 13.7. The van der Waals surface area contributed by atoms with Gasteiger partial charge in [0.25, 0.3) is 0 Å². The topological polar surface area (TPSA) is 66.9 Å². The van der Waals surface area contributed by atoms with Gasteiger partial charge in [0.2, 0.25) is 0 Å². The van der Waals surface area contributed by atoms with Crippen LogP contribution < -0.4 is 15.4 Å². The molecule has 3 N–H and O–H groups in total. The van der Waals surface area contributed by atoms with Crippen molar-refractivity contribution >= 4 is 35.2 Å². The first kappa shape index (κ1) is 16.4. The van der Waals surface area contributed by atoms with Gasteiger partial charge in [0.1, 0.15) is 12.4 Å². The van der Waals surface area contributed by atoms with Crippen LogP contribution in [0.2, 0.25) is 0 Å². The number of rotatable bonds is 6. The Kier molecular flexibility index (Phi) is 5.91. The molecule has 8 heteroatoms. The second-order valence-electron chi connectivity index (χ2n) is 4.49. The van der Waals surface area contributed by atoms with Crippen LogP contribution in [-0.4, -0.2) is 26.4 Å². The van der Waals surface area contributed by atoms with E-state index in [1.807, 2.05) is 42.7 Å². The maximum atomic E-state index is 5.73. The van der Waals surface area contributed by atoms with Crippen molar-refractivity contribution in [3.8, 4) is 5.75 Å². The van der Waals surface area contributed by atoms with Crippen molar-refractivity contribution in [3.63, 3.8) is 0 Å². The average molecular weight is 337 g/mol. The molecule has 2 aromatic rings. The summed E-state index contributed by atoms with van der Waals surface area (Å²) in [5.41, 5.74) is 0.912. The molecule has 0 fully saturated rings. The van der Waals surface area contributed by atoms with E-state index in [4.69, 9.17) is 29.2 Å². The lowest BCUT2D eigenvalue weighted by Crippen LogP contribution is -2.27. The number of hydrogen-bond acceptors (Lipinski definition) is 4. The summed E-state index contributed by atoms with van der Waals surface area (Å²) < 4.78 is 8.24. The molecule has 0 unspecified atom stereocenters. The number of anilines is 1. The van der Waals surface area contributed by atoms with E-state index in [0.29, 0.717) is 16.5 Å². The molecule has 0 amide bonds. The molecule has 1 aromatic carbocycles. The summed E-state index contributed by atoms with van der Waals surface area (Å²) >= 11 is 10.3. The van der Waals surface area contributed by atoms with Crippen LogP contribution in [-0.2, 0) is 13.2 Å². The van der Waals surface area contributed by atoms with Gasteiger partial charge < -0.3 is 19.9 Å². The number of ether oxygens (including phenoxy) is 1. The first-order chi connectivity index (χ1) is 10.6. The Balaban J connectivity index is 1.94. The number of hydrogen-bond donors (Lipinski definition) is 3. The predicted molar refractivity (Wildman–Crippen MR) is 93.8 cm³/mol. The Hall–Kier alpha value is -1.93. The van der Waals surface area contributed by atoms with E-state index in [9.17, 15) is 0 Å². The Morgan fingerprint density at radius 3 is 2.68 bits per heavy atom. The fourth-order valence-electron chi connectivity index (χ4n) is 1.90. The SMILES string of the molecule is CCNC(=S)Nc1ccc(OCc2n[nH]c(=S)n2CC)cc1. The van der Waals surface area contributed by atoms with Gasteiger partial charge in [-0.15, -0.1) is 0 Å². The smallest absolute Gasteiger partial charge is 0.195 e. The number of aromatic amines is 1. The van der Waals surface area contributed by atoms with Gasteiger partial charge in [0, 0.05) is 18.8 Å². The molecular formula is C14H19N5OS2. The minimum atomic E-state index is 0.365. The standard InChI is InChI=1S/C14H19N5OS2/c1-3-15-13(21)16-10-5-7-11(8-6-10)20-9-12-17-18-14(22)19(12)4-2/h5-8H,3-4,9H2,1-2H3,(H,18,22)(H2,15,16,21). The molecule has 0 atom stereocenters. The van der Waals surface area contributed by atoms with E-state index >= 15 is 0 Å². The lowest BCUT2D eigenvalue weighted by molar-refractivity contribution is 0.289. The number of thiocarbonyl (C=S) groups is 1. The Bertz CT molecular complexity index is 677. The van der Waals surface area contributed by atoms with Crippen molar-refractivity contribution in [2.45, 2.75) is 27.0 Å². The van der Waals surface area contributed by atoms with Gasteiger partial charge in [-0.3, -0.25) is 5.10 Å². The van der Waals surface area contributed by atoms with Crippen molar-refractivity contribution in [1.29, 1.82) is 0 Å². The largest absolute Gasteiger partial charge is 0.486 e. The maximum Gasteiger partial charge on any atom is 0.195 e. The lowest BCUT2D eigenvalue weighted by atomic mass is 10.3. The van der Waals surface area contributed by atoms with E-state index in [1.54, 1.807) is 0 Å². The van der Waals surface area contributed by atoms with Gasteiger partial charge in [-0.1, -0.05) is 0 Å². The van der Waals surface area contributed by atoms with Crippen molar-refractivity contribution in [2.75, 3.05) is 11.9 Å². The van der Waals surface area contributed by atoms with E-state index in [0.717, 1.165) is 30.4 Å². The zero-order valence-electron chi connectivity index (χ0n) is 12.5. The van der Waals surface area contributed by atoms with Gasteiger partial charge in [0.05, 0.1) is 0 Å². The summed E-state index contributed by atoms with van der Waals surface area (Å²) in [5.74, 6) is 1.54. The van der Waals surface area contributed by atoms with E-state index in [-0.39, 0.29) is 0 Å². The monoisotopic (exact) mass is 337 g/mol. The fraction of sp³-hybridized carbons (Fsp3) is 0.357. The first-order valence-electron chi connectivity index (χ1n) is 7.05. The highest BCUT2D eigenvalue weighted by molar-refractivity contribution is 7.80. The second kappa shape index (κ2) is 7.90. The molecule has 0 bridgehead atoms. The summed E-state index contributed by atoms with van der Waals surface area (Å²) in [6, 6.07) is 7.59. The molecule has 1 heterocycles. The van der Waals surface area contributed by atoms with Crippen LogP contribution in [0, 0.1) is 4.77 Å². The molecular weight excluding hydrogens is 318 g/mol. The number of benzene rings is 1. The van der Waals surface area contributed by atoms with Gasteiger partial charge in [-0.25, -0.2) is 0 Å². The van der Waals surface area contributed by atoms with Crippen LogP contribution in [0.4, 0.5) is 5.69 Å². The molecule has 0 spiro atoms. The quantitative estimate of drug-likeness (QED) is 0.705. The van der Waals surface area contributed by atoms with Crippen LogP contribution in [0.5, 0.6) is 5.75 Å². The Morgan fingerprint density at radius 1 is 1.32 bits per heavy atom. The van der Waals surface area contributed by atoms with Crippen molar-refractivity contribution in [1.82, 2.24) is 20.1 Å². The van der Waals surface area contributed by atoms with Gasteiger partial charge in [-0.05, 0) is 62.5 Å². The summed E-state index contributed by atoms with van der Waals surface area (Å²) in [6.45, 7) is 5.93. The maximum absolute atomic E-state index is 5.73.